The molecule has 2 aromatic heterocycles. The highest BCUT2D eigenvalue weighted by Gasteiger charge is 2.17. The van der Waals surface area contributed by atoms with Crippen LogP contribution in [0, 0.1) is 0 Å². The molecular weight excluding hydrogens is 216 g/mol. The third-order valence-corrected chi connectivity index (χ3v) is 3.03. The zero-order chi connectivity index (χ0) is 11.8. The number of hydrogen-bond acceptors (Lipinski definition) is 5. The van der Waals surface area contributed by atoms with Gasteiger partial charge in [-0.2, -0.15) is 9.97 Å². The molecule has 0 atom stereocenters. The van der Waals surface area contributed by atoms with Crippen LogP contribution in [0.3, 0.4) is 0 Å². The molecule has 6 heteroatoms. The van der Waals surface area contributed by atoms with E-state index in [2.05, 4.69) is 15.0 Å². The summed E-state index contributed by atoms with van der Waals surface area (Å²) >= 11 is 0. The normalized spacial score (nSPS) is 14.6. The van der Waals surface area contributed by atoms with Gasteiger partial charge in [0.05, 0.1) is 5.69 Å². The number of aryl methyl sites for hydroxylation is 1. The largest absolute Gasteiger partial charge is 0.383 e. The highest BCUT2D eigenvalue weighted by Crippen LogP contribution is 2.22. The molecule has 0 unspecified atom stereocenters. The van der Waals surface area contributed by atoms with E-state index < -0.39 is 0 Å². The molecule has 0 aliphatic heterocycles. The summed E-state index contributed by atoms with van der Waals surface area (Å²) in [5, 5.41) is 0. The molecule has 0 radical (unpaired) electrons. The van der Waals surface area contributed by atoms with E-state index in [0.717, 1.165) is 18.5 Å². The summed E-state index contributed by atoms with van der Waals surface area (Å²) in [5.74, 6) is 1.27. The van der Waals surface area contributed by atoms with Gasteiger partial charge in [-0.05, 0) is 25.7 Å². The maximum atomic E-state index is 5.68. The first-order valence-corrected chi connectivity index (χ1v) is 5.69. The molecule has 6 nitrogen and oxygen atoms in total. The third-order valence-electron chi connectivity index (χ3n) is 3.03. The second-order valence-electron chi connectivity index (χ2n) is 4.22. The predicted octanol–water partition coefficient (Wildman–Crippen LogP) is 0.705. The van der Waals surface area contributed by atoms with Gasteiger partial charge in [-0.1, -0.05) is 0 Å². The molecule has 0 fully saturated rings. The van der Waals surface area contributed by atoms with Crippen molar-refractivity contribution in [1.29, 1.82) is 0 Å². The topological polar surface area (TPSA) is 95.6 Å². The zero-order valence-electron chi connectivity index (χ0n) is 9.43. The number of rotatable bonds is 1. The Morgan fingerprint density at radius 3 is 2.76 bits per heavy atom. The van der Waals surface area contributed by atoms with Gasteiger partial charge in [0, 0.05) is 11.8 Å². The Balaban J connectivity index is 2.11. The summed E-state index contributed by atoms with van der Waals surface area (Å²) in [6, 6.07) is 1.72. The van der Waals surface area contributed by atoms with Gasteiger partial charge < -0.3 is 11.5 Å². The van der Waals surface area contributed by atoms with Gasteiger partial charge in [-0.15, -0.1) is 0 Å². The van der Waals surface area contributed by atoms with Crippen molar-refractivity contribution in [1.82, 2.24) is 19.5 Å². The van der Waals surface area contributed by atoms with Gasteiger partial charge >= 0.3 is 0 Å². The fourth-order valence-electron chi connectivity index (χ4n) is 2.26. The summed E-state index contributed by atoms with van der Waals surface area (Å²) in [5.41, 5.74) is 13.7. The Bertz CT molecular complexity index is 539. The van der Waals surface area contributed by atoms with E-state index in [4.69, 9.17) is 11.5 Å². The second kappa shape index (κ2) is 3.73. The number of imidazole rings is 1. The minimum Gasteiger partial charge on any atom is -0.383 e. The summed E-state index contributed by atoms with van der Waals surface area (Å²) in [4.78, 5) is 12.5. The van der Waals surface area contributed by atoms with Crippen LogP contribution in [0.5, 0.6) is 0 Å². The Hall–Kier alpha value is -2.11. The van der Waals surface area contributed by atoms with Crippen LogP contribution in [0.1, 0.15) is 24.2 Å². The lowest BCUT2D eigenvalue weighted by Gasteiger charge is -2.13. The molecule has 17 heavy (non-hydrogen) atoms. The molecule has 0 saturated carbocycles. The number of nitrogen functional groups attached to an aromatic ring is 2. The smallest absolute Gasteiger partial charge is 0.223 e. The van der Waals surface area contributed by atoms with Gasteiger partial charge in [-0.3, -0.25) is 4.57 Å². The van der Waals surface area contributed by atoms with Crippen molar-refractivity contribution >= 4 is 11.8 Å². The zero-order valence-corrected chi connectivity index (χ0v) is 9.43. The van der Waals surface area contributed by atoms with Crippen molar-refractivity contribution in [2.24, 2.45) is 0 Å². The number of hydrogen-bond donors (Lipinski definition) is 2. The molecule has 0 amide bonds. The summed E-state index contributed by atoms with van der Waals surface area (Å²) < 4.78 is 1.96. The molecule has 0 bridgehead atoms. The number of nitrogens with two attached hydrogens (primary N) is 2. The van der Waals surface area contributed by atoms with Crippen molar-refractivity contribution in [3.05, 3.63) is 23.8 Å². The number of aromatic nitrogens is 4. The standard InChI is InChI=1S/C11H14N6/c12-9-5-10(16-11(13)15-9)17-6-14-7-3-1-2-4-8(7)17/h5-6H,1-4H2,(H4,12,13,15,16). The molecule has 1 aliphatic carbocycles. The predicted molar refractivity (Wildman–Crippen MR) is 64.6 cm³/mol. The first kappa shape index (κ1) is 10.1. The third kappa shape index (κ3) is 1.71. The minimum atomic E-state index is 0.193. The van der Waals surface area contributed by atoms with Crippen LogP contribution in [0.25, 0.3) is 5.82 Å². The fraction of sp³-hybridized carbons (Fsp3) is 0.364. The molecule has 0 saturated heterocycles. The monoisotopic (exact) mass is 230 g/mol. The molecule has 0 aromatic carbocycles. The van der Waals surface area contributed by atoms with E-state index in [1.54, 1.807) is 12.4 Å². The summed E-state index contributed by atoms with van der Waals surface area (Å²) in [6.45, 7) is 0. The average molecular weight is 230 g/mol. The van der Waals surface area contributed by atoms with E-state index in [1.165, 1.54) is 18.5 Å². The number of nitrogens with zero attached hydrogens (tertiary/aromatic N) is 4. The van der Waals surface area contributed by atoms with Gasteiger partial charge in [-0.25, -0.2) is 4.98 Å². The fourth-order valence-corrected chi connectivity index (χ4v) is 2.26. The quantitative estimate of drug-likeness (QED) is 0.752. The Labute approximate surface area is 98.7 Å². The van der Waals surface area contributed by atoms with Crippen molar-refractivity contribution < 1.29 is 0 Å². The van der Waals surface area contributed by atoms with Crippen LogP contribution in [-0.4, -0.2) is 19.5 Å². The maximum Gasteiger partial charge on any atom is 0.223 e. The Kier molecular flexibility index (Phi) is 2.21. The number of anilines is 2. The van der Waals surface area contributed by atoms with Crippen LogP contribution >= 0.6 is 0 Å². The Morgan fingerprint density at radius 2 is 1.94 bits per heavy atom. The molecule has 88 valence electrons. The lowest BCUT2D eigenvalue weighted by Crippen LogP contribution is -2.10. The maximum absolute atomic E-state index is 5.68. The van der Waals surface area contributed by atoms with Crippen molar-refractivity contribution in [2.75, 3.05) is 11.5 Å². The summed E-state index contributed by atoms with van der Waals surface area (Å²) in [7, 11) is 0. The Morgan fingerprint density at radius 1 is 1.12 bits per heavy atom. The summed E-state index contributed by atoms with van der Waals surface area (Å²) in [6.07, 6.45) is 6.25. The van der Waals surface area contributed by atoms with E-state index >= 15 is 0 Å². The van der Waals surface area contributed by atoms with Gasteiger partial charge in [0.2, 0.25) is 5.95 Å². The van der Waals surface area contributed by atoms with Crippen molar-refractivity contribution in [2.45, 2.75) is 25.7 Å². The van der Waals surface area contributed by atoms with Crippen molar-refractivity contribution in [3.8, 4) is 5.82 Å². The van der Waals surface area contributed by atoms with E-state index in [-0.39, 0.29) is 5.95 Å². The SMILES string of the molecule is Nc1cc(-n2cnc3c2CCCC3)nc(N)n1. The van der Waals surface area contributed by atoms with Crippen LogP contribution in [0.4, 0.5) is 11.8 Å². The molecule has 1 aliphatic rings. The minimum absolute atomic E-state index is 0.193. The number of fused-ring (bicyclic) bond motifs is 1. The van der Waals surface area contributed by atoms with E-state index in [9.17, 15) is 0 Å². The van der Waals surface area contributed by atoms with Crippen LogP contribution < -0.4 is 11.5 Å². The lowest BCUT2D eigenvalue weighted by molar-refractivity contribution is 0.654. The van der Waals surface area contributed by atoms with Gasteiger partial charge in [0.15, 0.2) is 0 Å². The van der Waals surface area contributed by atoms with Crippen LogP contribution in [-0.2, 0) is 12.8 Å². The van der Waals surface area contributed by atoms with E-state index in [1.807, 2.05) is 4.57 Å². The molecule has 2 aromatic rings. The first-order valence-electron chi connectivity index (χ1n) is 5.69. The average Bonchev–Trinajstić information content (AvgIpc) is 2.71. The highest BCUT2D eigenvalue weighted by molar-refractivity contribution is 5.43. The molecule has 3 rings (SSSR count). The first-order chi connectivity index (χ1) is 8.24. The molecule has 2 heterocycles. The lowest BCUT2D eigenvalue weighted by atomic mass is 10.0. The van der Waals surface area contributed by atoms with Crippen LogP contribution in [0.15, 0.2) is 12.4 Å². The van der Waals surface area contributed by atoms with Crippen LogP contribution in [0.2, 0.25) is 0 Å². The molecular formula is C11H14N6. The van der Waals surface area contributed by atoms with E-state index in [0.29, 0.717) is 11.6 Å². The van der Waals surface area contributed by atoms with Crippen molar-refractivity contribution in [3.63, 3.8) is 0 Å². The molecule has 4 N–H and O–H groups in total. The van der Waals surface area contributed by atoms with Gasteiger partial charge in [0.25, 0.3) is 0 Å². The van der Waals surface area contributed by atoms with Gasteiger partial charge in [0.1, 0.15) is 18.0 Å². The second-order valence-corrected chi connectivity index (χ2v) is 4.22. The molecule has 0 spiro atoms. The highest BCUT2D eigenvalue weighted by atomic mass is 15.2.